The molecule has 49 heavy (non-hydrogen) atoms. The molecule has 0 fully saturated rings. The van der Waals surface area contributed by atoms with Crippen LogP contribution in [-0.4, -0.2) is 12.3 Å². The fourth-order valence-electron chi connectivity index (χ4n) is 8.92. The smallest absolute Gasteiger partial charge is 0.203 e. The lowest BCUT2D eigenvalue weighted by molar-refractivity contribution is 0.332. The molecule has 10 rings (SSSR count). The maximum atomic E-state index is 6.84. The summed E-state index contributed by atoms with van der Waals surface area (Å²) in [6, 6.07) is 33.1. The van der Waals surface area contributed by atoms with Crippen LogP contribution in [0.5, 0.6) is 0 Å². The molecular weight excluding hydrogens is 599 g/mol. The van der Waals surface area contributed by atoms with Crippen molar-refractivity contribution < 1.29 is 8.83 Å². The van der Waals surface area contributed by atoms with E-state index >= 15 is 0 Å². The van der Waals surface area contributed by atoms with Crippen LogP contribution >= 0.6 is 0 Å². The van der Waals surface area contributed by atoms with E-state index in [9.17, 15) is 0 Å². The number of aromatic amines is 1. The molecule has 0 bridgehead atoms. The van der Waals surface area contributed by atoms with Crippen molar-refractivity contribution >= 4 is 79.4 Å². The molecule has 1 aliphatic carbocycles. The lowest BCUT2D eigenvalue weighted by Crippen LogP contribution is -2.41. The zero-order valence-corrected chi connectivity index (χ0v) is 29.0. The van der Waals surface area contributed by atoms with Crippen molar-refractivity contribution in [1.29, 1.82) is 0 Å². The van der Waals surface area contributed by atoms with Crippen LogP contribution in [0.3, 0.4) is 0 Å². The predicted molar refractivity (Wildman–Crippen MR) is 207 cm³/mol. The minimum atomic E-state index is 0.0880. The van der Waals surface area contributed by atoms with E-state index in [4.69, 9.17) is 8.83 Å². The summed E-state index contributed by atoms with van der Waals surface area (Å²) < 4.78 is 13.3. The Hall–Kier alpha value is -5.16. The van der Waals surface area contributed by atoms with Gasteiger partial charge in [0.1, 0.15) is 11.2 Å². The number of H-pyrrole nitrogens is 1. The van der Waals surface area contributed by atoms with E-state index in [1.54, 1.807) is 0 Å². The van der Waals surface area contributed by atoms with E-state index in [0.717, 1.165) is 51.7 Å². The third-order valence-corrected chi connectivity index (χ3v) is 11.7. The SMILES string of the molecule is Cc1cc(-c2cccc3c2[nH]c2c4ccccc4oc32)c2c(c1)N(c1cc3c(cc1C)C(C)(C)CCC3(C)C)c1oc3ccccc3c1B2. The highest BCUT2D eigenvalue weighted by atomic mass is 16.4. The molecule has 1 N–H and O–H groups in total. The molecule has 5 heteroatoms. The van der Waals surface area contributed by atoms with Gasteiger partial charge in [0.2, 0.25) is 7.28 Å². The van der Waals surface area contributed by atoms with Crippen LogP contribution in [0.15, 0.2) is 99.8 Å². The van der Waals surface area contributed by atoms with Crippen molar-refractivity contribution in [3.8, 4) is 11.1 Å². The van der Waals surface area contributed by atoms with Gasteiger partial charge in [0.15, 0.2) is 11.5 Å². The Morgan fingerprint density at radius 1 is 0.633 bits per heavy atom. The first-order valence-corrected chi connectivity index (χ1v) is 17.6. The summed E-state index contributed by atoms with van der Waals surface area (Å²) in [7, 11) is 0.784. The summed E-state index contributed by atoms with van der Waals surface area (Å²) in [6.45, 7) is 14.1. The predicted octanol–water partition coefficient (Wildman–Crippen LogP) is 10.6. The number of anilines is 3. The van der Waals surface area contributed by atoms with E-state index in [-0.39, 0.29) is 10.8 Å². The third-order valence-electron chi connectivity index (χ3n) is 11.7. The van der Waals surface area contributed by atoms with Crippen molar-refractivity contribution in [2.24, 2.45) is 0 Å². The van der Waals surface area contributed by atoms with Crippen molar-refractivity contribution in [3.63, 3.8) is 0 Å². The summed E-state index contributed by atoms with van der Waals surface area (Å²) >= 11 is 0. The Morgan fingerprint density at radius 2 is 1.31 bits per heavy atom. The molecule has 4 nitrogen and oxygen atoms in total. The largest absolute Gasteiger partial charge is 0.454 e. The quantitative estimate of drug-likeness (QED) is 0.192. The molecule has 1 aliphatic heterocycles. The van der Waals surface area contributed by atoms with Crippen LogP contribution in [0.2, 0.25) is 0 Å². The summed E-state index contributed by atoms with van der Waals surface area (Å²) in [5, 5.41) is 3.40. The normalized spacial score (nSPS) is 16.2. The summed E-state index contributed by atoms with van der Waals surface area (Å²) in [4.78, 5) is 6.25. The van der Waals surface area contributed by atoms with Crippen LogP contribution in [0, 0.1) is 13.8 Å². The van der Waals surface area contributed by atoms with Gasteiger partial charge >= 0.3 is 0 Å². The fraction of sp³-hybridized carbons (Fsp3) is 0.227. The van der Waals surface area contributed by atoms with E-state index in [1.807, 2.05) is 12.1 Å². The van der Waals surface area contributed by atoms with Gasteiger partial charge in [0, 0.05) is 27.4 Å². The van der Waals surface area contributed by atoms with Gasteiger partial charge in [0.25, 0.3) is 0 Å². The minimum absolute atomic E-state index is 0.0880. The Bertz CT molecular complexity index is 2680. The molecule has 2 aliphatic rings. The van der Waals surface area contributed by atoms with E-state index in [1.165, 1.54) is 73.9 Å². The number of hydrogen-bond donors (Lipinski definition) is 1. The van der Waals surface area contributed by atoms with Gasteiger partial charge in [-0.15, -0.1) is 0 Å². The van der Waals surface area contributed by atoms with Gasteiger partial charge in [-0.3, -0.25) is 4.90 Å². The number of aromatic nitrogens is 1. The molecule has 0 saturated carbocycles. The molecule has 5 aromatic carbocycles. The molecule has 8 aromatic rings. The first-order chi connectivity index (χ1) is 23.6. The van der Waals surface area contributed by atoms with Gasteiger partial charge in [-0.05, 0) is 113 Å². The van der Waals surface area contributed by atoms with Crippen LogP contribution in [0.4, 0.5) is 17.3 Å². The molecular formula is C44H39BN2O2. The Kier molecular flexibility index (Phi) is 5.72. The molecule has 0 radical (unpaired) electrons. The molecule has 0 spiro atoms. The second-order valence-electron chi connectivity index (χ2n) is 15.8. The second kappa shape index (κ2) is 9.72. The van der Waals surface area contributed by atoms with E-state index in [0.29, 0.717) is 0 Å². The topological polar surface area (TPSA) is 45.3 Å². The van der Waals surface area contributed by atoms with Gasteiger partial charge in [-0.25, -0.2) is 0 Å². The number of benzene rings is 5. The molecule has 0 atom stereocenters. The zero-order valence-electron chi connectivity index (χ0n) is 29.0. The van der Waals surface area contributed by atoms with E-state index < -0.39 is 0 Å². The molecule has 3 aromatic heterocycles. The number of nitrogens with zero attached hydrogens (tertiary/aromatic N) is 1. The maximum Gasteiger partial charge on any atom is 0.203 e. The van der Waals surface area contributed by atoms with Gasteiger partial charge < -0.3 is 13.8 Å². The highest BCUT2D eigenvalue weighted by Crippen LogP contribution is 2.50. The first kappa shape index (κ1) is 28.8. The Labute approximate surface area is 287 Å². The molecule has 4 heterocycles. The average molecular weight is 639 g/mol. The Balaban J connectivity index is 1.26. The van der Waals surface area contributed by atoms with Crippen molar-refractivity contribution in [2.45, 2.75) is 65.2 Å². The minimum Gasteiger partial charge on any atom is -0.454 e. The van der Waals surface area contributed by atoms with Gasteiger partial charge in [-0.2, -0.15) is 0 Å². The number of rotatable bonds is 2. The zero-order chi connectivity index (χ0) is 33.4. The van der Waals surface area contributed by atoms with Crippen LogP contribution in [0.1, 0.15) is 62.8 Å². The third kappa shape index (κ3) is 3.99. The number of para-hydroxylation sites is 3. The van der Waals surface area contributed by atoms with Crippen LogP contribution < -0.4 is 15.8 Å². The highest BCUT2D eigenvalue weighted by molar-refractivity contribution is 6.75. The Morgan fingerprint density at radius 3 is 2.08 bits per heavy atom. The number of furan rings is 2. The van der Waals surface area contributed by atoms with Crippen LogP contribution in [0.25, 0.3) is 55.1 Å². The first-order valence-electron chi connectivity index (χ1n) is 17.6. The maximum absolute atomic E-state index is 6.84. The van der Waals surface area contributed by atoms with Gasteiger partial charge in [-0.1, -0.05) is 82.3 Å². The van der Waals surface area contributed by atoms with Crippen molar-refractivity contribution in [2.75, 3.05) is 4.90 Å². The molecule has 0 unspecified atom stereocenters. The van der Waals surface area contributed by atoms with Crippen LogP contribution in [-0.2, 0) is 10.8 Å². The number of fused-ring (bicyclic) bond motifs is 10. The monoisotopic (exact) mass is 638 g/mol. The number of aryl methyl sites for hydroxylation is 2. The standard InChI is InChI=1S/C44H39BN2O2/c1-24-20-30(26-14-11-15-29-39(26)46-40-28-13-8-10-17-36(28)48-41(29)40)37-34(21-24)47(42-38(45-37)27-12-7-9-16-35(27)49-42)33-23-32-31(22-25(33)2)43(3,4)18-19-44(32,5)6/h7-17,20-23,45-46H,18-19H2,1-6H3. The lowest BCUT2D eigenvalue weighted by atomic mass is 9.58. The lowest BCUT2D eigenvalue weighted by Gasteiger charge is -2.43. The second-order valence-corrected chi connectivity index (χ2v) is 15.8. The van der Waals surface area contributed by atoms with E-state index in [2.05, 4.69) is 130 Å². The summed E-state index contributed by atoms with van der Waals surface area (Å²) in [5.41, 5.74) is 17.9. The highest BCUT2D eigenvalue weighted by Gasteiger charge is 2.40. The fourth-order valence-corrected chi connectivity index (χ4v) is 8.92. The van der Waals surface area contributed by atoms with Gasteiger partial charge in [0.05, 0.1) is 16.7 Å². The number of hydrogen-bond acceptors (Lipinski definition) is 3. The molecule has 240 valence electrons. The molecule has 0 saturated heterocycles. The summed E-state index contributed by atoms with van der Waals surface area (Å²) in [5.74, 6) is 0.934. The summed E-state index contributed by atoms with van der Waals surface area (Å²) in [6.07, 6.45) is 2.36. The number of nitrogens with one attached hydrogen (secondary N) is 1. The van der Waals surface area contributed by atoms with Crippen molar-refractivity contribution in [1.82, 2.24) is 4.98 Å². The van der Waals surface area contributed by atoms with Crippen molar-refractivity contribution in [3.05, 3.63) is 113 Å². The average Bonchev–Trinajstić information content (AvgIpc) is 3.76. The molecule has 0 amide bonds.